The Labute approximate surface area is 154 Å². The van der Waals surface area contributed by atoms with E-state index in [9.17, 15) is 9.90 Å². The second-order valence-electron chi connectivity index (χ2n) is 5.04. The van der Waals surface area contributed by atoms with Gasteiger partial charge in [0.25, 0.3) is 5.91 Å². The van der Waals surface area contributed by atoms with Gasteiger partial charge in [-0.2, -0.15) is 0 Å². The number of halogens is 1. The molecule has 4 nitrogen and oxygen atoms in total. The molecule has 0 aliphatic carbocycles. The van der Waals surface area contributed by atoms with E-state index in [0.29, 0.717) is 20.9 Å². The highest BCUT2D eigenvalue weighted by atomic mass is 35.5. The molecule has 0 bridgehead atoms. The van der Waals surface area contributed by atoms with Crippen molar-refractivity contribution in [2.75, 3.05) is 12.0 Å². The summed E-state index contributed by atoms with van der Waals surface area (Å²) in [6, 6.07) is 13.9. The van der Waals surface area contributed by atoms with Crippen LogP contribution in [0.3, 0.4) is 0 Å². The van der Waals surface area contributed by atoms with Crippen LogP contribution in [-0.4, -0.2) is 26.9 Å². The third kappa shape index (κ3) is 3.90. The van der Waals surface area contributed by atoms with E-state index in [4.69, 9.17) is 23.8 Å². The average Bonchev–Trinajstić information content (AvgIpc) is 2.83. The number of amides is 1. The van der Waals surface area contributed by atoms with E-state index in [1.54, 1.807) is 42.5 Å². The number of nitrogens with one attached hydrogen (secondary N) is 1. The van der Waals surface area contributed by atoms with Gasteiger partial charge in [-0.3, -0.25) is 9.69 Å². The summed E-state index contributed by atoms with van der Waals surface area (Å²) in [6.45, 7) is 0.291. The van der Waals surface area contributed by atoms with Crippen molar-refractivity contribution in [2.45, 2.75) is 0 Å². The minimum atomic E-state index is -0.139. The van der Waals surface area contributed by atoms with Gasteiger partial charge in [0.05, 0.1) is 11.6 Å². The molecule has 1 aliphatic heterocycles. The fourth-order valence-corrected chi connectivity index (χ4v) is 3.48. The number of carbonyl (C=O) groups is 1. The normalized spacial score (nSPS) is 16.0. The van der Waals surface area contributed by atoms with Crippen molar-refractivity contribution in [2.24, 2.45) is 0 Å². The second-order valence-corrected chi connectivity index (χ2v) is 7.16. The summed E-state index contributed by atoms with van der Waals surface area (Å²) in [7, 11) is 0. The van der Waals surface area contributed by atoms with Crippen LogP contribution in [-0.2, 0) is 4.79 Å². The van der Waals surface area contributed by atoms with Crippen LogP contribution in [0, 0.1) is 0 Å². The monoisotopic (exact) mass is 376 g/mol. The number of thioether (sulfide) groups is 1. The van der Waals surface area contributed by atoms with E-state index in [1.807, 2.05) is 12.1 Å². The van der Waals surface area contributed by atoms with Crippen molar-refractivity contribution in [3.63, 3.8) is 0 Å². The number of thiocarbonyl (C=S) groups is 1. The molecule has 7 heteroatoms. The molecule has 1 heterocycles. The van der Waals surface area contributed by atoms with Gasteiger partial charge in [-0.05, 0) is 48.0 Å². The van der Waals surface area contributed by atoms with Crippen molar-refractivity contribution in [1.29, 1.82) is 0 Å². The zero-order valence-electron chi connectivity index (χ0n) is 12.4. The van der Waals surface area contributed by atoms with Gasteiger partial charge in [-0.25, -0.2) is 0 Å². The number of aromatic hydroxyl groups is 1. The first kappa shape index (κ1) is 16.8. The molecule has 3 rings (SSSR count). The Kier molecular flexibility index (Phi) is 5.08. The molecule has 2 N–H and O–H groups in total. The molecular weight excluding hydrogens is 364 g/mol. The maximum absolute atomic E-state index is 12.5. The predicted molar refractivity (Wildman–Crippen MR) is 103 cm³/mol. The summed E-state index contributed by atoms with van der Waals surface area (Å²) in [4.78, 5) is 14.6. The average molecular weight is 377 g/mol. The van der Waals surface area contributed by atoms with Gasteiger partial charge in [-0.1, -0.05) is 47.7 Å². The minimum Gasteiger partial charge on any atom is -0.508 e. The van der Waals surface area contributed by atoms with Crippen LogP contribution in [0.5, 0.6) is 5.75 Å². The number of hydrogen-bond acceptors (Lipinski definition) is 5. The first-order valence-corrected chi connectivity index (χ1v) is 8.67. The zero-order valence-corrected chi connectivity index (χ0v) is 14.8. The lowest BCUT2D eigenvalue weighted by Crippen LogP contribution is -2.33. The summed E-state index contributed by atoms with van der Waals surface area (Å²) in [6.07, 6.45) is 1.76. The molecule has 2 aromatic rings. The molecule has 24 heavy (non-hydrogen) atoms. The van der Waals surface area contributed by atoms with E-state index in [0.717, 1.165) is 11.3 Å². The number of carbonyl (C=O) groups excluding carboxylic acids is 1. The Morgan fingerprint density at radius 3 is 2.50 bits per heavy atom. The molecule has 1 aliphatic rings. The quantitative estimate of drug-likeness (QED) is 0.615. The number of phenols is 1. The topological polar surface area (TPSA) is 52.6 Å². The van der Waals surface area contributed by atoms with Crippen molar-refractivity contribution in [3.8, 4) is 5.75 Å². The molecule has 1 fully saturated rings. The lowest BCUT2D eigenvalue weighted by Gasteiger charge is -2.16. The van der Waals surface area contributed by atoms with E-state index < -0.39 is 0 Å². The zero-order chi connectivity index (χ0) is 17.1. The Bertz CT molecular complexity index is 804. The van der Waals surface area contributed by atoms with E-state index in [1.165, 1.54) is 16.7 Å². The highest BCUT2D eigenvalue weighted by molar-refractivity contribution is 8.26. The lowest BCUT2D eigenvalue weighted by molar-refractivity contribution is -0.121. The number of nitrogens with zero attached hydrogens (tertiary/aromatic N) is 1. The third-order valence-electron chi connectivity index (χ3n) is 3.35. The molecular formula is C17H13ClN2O2S2. The molecule has 0 radical (unpaired) electrons. The van der Waals surface area contributed by atoms with Crippen molar-refractivity contribution >= 4 is 57.6 Å². The predicted octanol–water partition coefficient (Wildman–Crippen LogP) is 4.32. The maximum Gasteiger partial charge on any atom is 0.267 e. The number of phenolic OH excluding ortho intramolecular Hbond substituents is 1. The molecule has 1 saturated heterocycles. The fourth-order valence-electron chi connectivity index (χ4n) is 2.10. The smallest absolute Gasteiger partial charge is 0.267 e. The van der Waals surface area contributed by atoms with Crippen LogP contribution in [0.1, 0.15) is 5.56 Å². The molecule has 1 amide bonds. The molecule has 0 aromatic heterocycles. The van der Waals surface area contributed by atoms with Gasteiger partial charge in [0, 0.05) is 10.7 Å². The van der Waals surface area contributed by atoms with E-state index in [-0.39, 0.29) is 11.7 Å². The largest absolute Gasteiger partial charge is 0.508 e. The van der Waals surface area contributed by atoms with Crippen molar-refractivity contribution in [1.82, 2.24) is 4.90 Å². The van der Waals surface area contributed by atoms with Crippen LogP contribution >= 0.6 is 35.6 Å². The van der Waals surface area contributed by atoms with Gasteiger partial charge in [0.1, 0.15) is 10.1 Å². The van der Waals surface area contributed by atoms with E-state index >= 15 is 0 Å². The Morgan fingerprint density at radius 2 is 1.83 bits per heavy atom. The summed E-state index contributed by atoms with van der Waals surface area (Å²) in [5.74, 6) is 0.0476. The van der Waals surface area contributed by atoms with Crippen LogP contribution in [0.15, 0.2) is 53.4 Å². The molecule has 0 saturated carbocycles. The summed E-state index contributed by atoms with van der Waals surface area (Å²) < 4.78 is 0.506. The standard InChI is InChI=1S/C17H13ClN2O2S2/c18-12-3-5-13(6-4-12)19-10-20-16(22)15(24-17(20)23)9-11-1-7-14(21)8-2-11/h1-9,19,21H,10H2/b15-9+. The van der Waals surface area contributed by atoms with Crippen LogP contribution in [0.2, 0.25) is 5.02 Å². The summed E-state index contributed by atoms with van der Waals surface area (Å²) in [5.41, 5.74) is 1.69. The van der Waals surface area contributed by atoms with Gasteiger partial charge >= 0.3 is 0 Å². The van der Waals surface area contributed by atoms with Crippen molar-refractivity contribution in [3.05, 3.63) is 64.0 Å². The van der Waals surface area contributed by atoms with Crippen molar-refractivity contribution < 1.29 is 9.90 Å². The Balaban J connectivity index is 1.69. The first-order valence-electron chi connectivity index (χ1n) is 7.07. The third-order valence-corrected chi connectivity index (χ3v) is 4.98. The molecule has 2 aromatic carbocycles. The second kappa shape index (κ2) is 7.25. The highest BCUT2D eigenvalue weighted by Gasteiger charge is 2.31. The fraction of sp³-hybridized carbons (Fsp3) is 0.0588. The molecule has 0 atom stereocenters. The van der Waals surface area contributed by atoms with Gasteiger partial charge < -0.3 is 10.4 Å². The minimum absolute atomic E-state index is 0.139. The molecule has 0 unspecified atom stereocenters. The van der Waals surface area contributed by atoms with Crippen LogP contribution < -0.4 is 5.32 Å². The SMILES string of the molecule is O=C1/C(=C\c2ccc(O)cc2)SC(=S)N1CNc1ccc(Cl)cc1. The lowest BCUT2D eigenvalue weighted by atomic mass is 10.2. The number of rotatable bonds is 4. The molecule has 0 spiro atoms. The Hall–Kier alpha value is -2.02. The van der Waals surface area contributed by atoms with Gasteiger partial charge in [-0.15, -0.1) is 0 Å². The van der Waals surface area contributed by atoms with Crippen LogP contribution in [0.4, 0.5) is 5.69 Å². The summed E-state index contributed by atoms with van der Waals surface area (Å²) in [5, 5.41) is 13.1. The Morgan fingerprint density at radius 1 is 1.17 bits per heavy atom. The van der Waals surface area contributed by atoms with E-state index in [2.05, 4.69) is 5.32 Å². The number of benzene rings is 2. The maximum atomic E-state index is 12.5. The molecule has 122 valence electrons. The van der Waals surface area contributed by atoms with Gasteiger partial charge in [0.15, 0.2) is 0 Å². The number of anilines is 1. The first-order chi connectivity index (χ1) is 11.5. The van der Waals surface area contributed by atoms with Gasteiger partial charge in [0.2, 0.25) is 0 Å². The summed E-state index contributed by atoms with van der Waals surface area (Å²) >= 11 is 12.4. The highest BCUT2D eigenvalue weighted by Crippen LogP contribution is 2.32. The number of hydrogen-bond donors (Lipinski definition) is 2. The van der Waals surface area contributed by atoms with Crippen LogP contribution in [0.25, 0.3) is 6.08 Å².